The Balaban J connectivity index is 1.85. The molecule has 82 valence electrons. The van der Waals surface area contributed by atoms with Crippen LogP contribution in [0.3, 0.4) is 0 Å². The van der Waals surface area contributed by atoms with Crippen LogP contribution in [0.2, 0.25) is 0 Å². The maximum Gasteiger partial charge on any atom is 0.267 e. The van der Waals surface area contributed by atoms with Crippen molar-refractivity contribution < 1.29 is 9.90 Å². The van der Waals surface area contributed by atoms with Crippen molar-refractivity contribution in [1.29, 1.82) is 0 Å². The topological polar surface area (TPSA) is 65.1 Å². The van der Waals surface area contributed by atoms with E-state index in [-0.39, 0.29) is 5.91 Å². The molecule has 2 rings (SSSR count). The number of rotatable bonds is 3. The van der Waals surface area contributed by atoms with Gasteiger partial charge in [0, 0.05) is 12.7 Å². The highest BCUT2D eigenvalue weighted by Gasteiger charge is 2.31. The largest absolute Gasteiger partial charge is 0.388 e. The monoisotopic (exact) mass is 208 g/mol. The summed E-state index contributed by atoms with van der Waals surface area (Å²) < 4.78 is 0. The number of nitrogens with one attached hydrogen (secondary N) is 2. The third kappa shape index (κ3) is 2.39. The van der Waals surface area contributed by atoms with Crippen molar-refractivity contribution >= 4 is 5.91 Å². The highest BCUT2D eigenvalue weighted by Crippen LogP contribution is 2.28. The summed E-state index contributed by atoms with van der Waals surface area (Å²) in [5.41, 5.74) is -0.140. The van der Waals surface area contributed by atoms with Crippen LogP contribution in [0.25, 0.3) is 0 Å². The Morgan fingerprint density at radius 3 is 2.87 bits per heavy atom. The Morgan fingerprint density at radius 1 is 1.53 bits per heavy atom. The van der Waals surface area contributed by atoms with E-state index in [1.54, 1.807) is 18.3 Å². The van der Waals surface area contributed by atoms with Gasteiger partial charge in [-0.1, -0.05) is 12.8 Å². The van der Waals surface area contributed by atoms with Crippen molar-refractivity contribution in [2.45, 2.75) is 31.3 Å². The summed E-state index contributed by atoms with van der Waals surface area (Å²) in [6.07, 6.45) is 5.39. The number of hydrogen-bond acceptors (Lipinski definition) is 2. The average molecular weight is 208 g/mol. The summed E-state index contributed by atoms with van der Waals surface area (Å²) in [6, 6.07) is 3.49. The molecule has 1 fully saturated rings. The number of H-pyrrole nitrogens is 1. The lowest BCUT2D eigenvalue weighted by Gasteiger charge is -2.22. The molecule has 1 aromatic rings. The molecular weight excluding hydrogens is 192 g/mol. The standard InChI is InChI=1S/C11H16N2O2/c14-10(9-4-3-7-12-9)13-8-11(15)5-1-2-6-11/h3-4,7,12,15H,1-2,5-6,8H2,(H,13,14). The van der Waals surface area contributed by atoms with Crippen LogP contribution in [0, 0.1) is 0 Å². The lowest BCUT2D eigenvalue weighted by atomic mass is 10.0. The minimum Gasteiger partial charge on any atom is -0.388 e. The van der Waals surface area contributed by atoms with E-state index in [9.17, 15) is 9.90 Å². The van der Waals surface area contributed by atoms with Gasteiger partial charge >= 0.3 is 0 Å². The Morgan fingerprint density at radius 2 is 2.27 bits per heavy atom. The fourth-order valence-corrected chi connectivity index (χ4v) is 2.02. The summed E-state index contributed by atoms with van der Waals surface area (Å²) in [5.74, 6) is -0.152. The van der Waals surface area contributed by atoms with Gasteiger partial charge in [0.1, 0.15) is 5.69 Å². The Labute approximate surface area is 88.7 Å². The molecule has 3 N–H and O–H groups in total. The van der Waals surface area contributed by atoms with Crippen molar-refractivity contribution in [1.82, 2.24) is 10.3 Å². The van der Waals surface area contributed by atoms with Crippen molar-refractivity contribution in [2.75, 3.05) is 6.54 Å². The van der Waals surface area contributed by atoms with E-state index in [0.717, 1.165) is 25.7 Å². The Bertz CT molecular complexity index is 326. The molecule has 1 saturated carbocycles. The van der Waals surface area contributed by atoms with Gasteiger partial charge < -0.3 is 15.4 Å². The molecule has 15 heavy (non-hydrogen) atoms. The van der Waals surface area contributed by atoms with Crippen LogP contribution < -0.4 is 5.32 Å². The van der Waals surface area contributed by atoms with Crippen LogP contribution in [-0.2, 0) is 0 Å². The first-order chi connectivity index (χ1) is 7.20. The summed E-state index contributed by atoms with van der Waals surface area (Å²) >= 11 is 0. The quantitative estimate of drug-likeness (QED) is 0.695. The summed E-state index contributed by atoms with van der Waals surface area (Å²) in [4.78, 5) is 14.4. The van der Waals surface area contributed by atoms with Crippen LogP contribution in [0.4, 0.5) is 0 Å². The first-order valence-corrected chi connectivity index (χ1v) is 5.34. The van der Waals surface area contributed by atoms with E-state index in [0.29, 0.717) is 12.2 Å². The Hall–Kier alpha value is -1.29. The molecule has 0 unspecified atom stereocenters. The minimum absolute atomic E-state index is 0.152. The number of aliphatic hydroxyl groups is 1. The zero-order chi connectivity index (χ0) is 10.7. The molecule has 0 bridgehead atoms. The maximum absolute atomic E-state index is 11.6. The average Bonchev–Trinajstić information content (AvgIpc) is 2.85. The van der Waals surface area contributed by atoms with Gasteiger partial charge in [0.15, 0.2) is 0 Å². The van der Waals surface area contributed by atoms with E-state index in [1.807, 2.05) is 0 Å². The van der Waals surface area contributed by atoms with Crippen LogP contribution in [0.1, 0.15) is 36.2 Å². The molecule has 1 amide bonds. The van der Waals surface area contributed by atoms with Gasteiger partial charge in [0.25, 0.3) is 5.91 Å². The van der Waals surface area contributed by atoms with Crippen LogP contribution in [0.5, 0.6) is 0 Å². The summed E-state index contributed by atoms with van der Waals surface area (Å²) in [6.45, 7) is 0.352. The molecule has 0 radical (unpaired) electrons. The molecular formula is C11H16N2O2. The van der Waals surface area contributed by atoms with E-state index in [2.05, 4.69) is 10.3 Å². The Kier molecular flexibility index (Phi) is 2.77. The maximum atomic E-state index is 11.6. The van der Waals surface area contributed by atoms with Gasteiger partial charge in [0.2, 0.25) is 0 Å². The number of carbonyl (C=O) groups is 1. The van der Waals surface area contributed by atoms with E-state index in [4.69, 9.17) is 0 Å². The van der Waals surface area contributed by atoms with Gasteiger partial charge in [0.05, 0.1) is 5.60 Å². The molecule has 0 atom stereocenters. The second kappa shape index (κ2) is 4.06. The van der Waals surface area contributed by atoms with Gasteiger partial charge in [-0.15, -0.1) is 0 Å². The predicted octanol–water partition coefficient (Wildman–Crippen LogP) is 1.05. The van der Waals surface area contributed by atoms with Crippen molar-refractivity contribution in [3.05, 3.63) is 24.0 Å². The number of carbonyl (C=O) groups excluding carboxylic acids is 1. The number of aromatic amines is 1. The number of aromatic nitrogens is 1. The van der Waals surface area contributed by atoms with Gasteiger partial charge in [-0.2, -0.15) is 0 Å². The molecule has 0 aliphatic heterocycles. The number of hydrogen-bond donors (Lipinski definition) is 3. The smallest absolute Gasteiger partial charge is 0.267 e. The normalized spacial score (nSPS) is 19.0. The fraction of sp³-hybridized carbons (Fsp3) is 0.545. The molecule has 1 aliphatic rings. The summed E-state index contributed by atoms with van der Waals surface area (Å²) in [7, 11) is 0. The third-order valence-electron chi connectivity index (χ3n) is 2.95. The molecule has 4 heteroatoms. The molecule has 0 spiro atoms. The molecule has 1 aliphatic carbocycles. The first-order valence-electron chi connectivity index (χ1n) is 5.34. The molecule has 1 heterocycles. The van der Waals surface area contributed by atoms with Crippen molar-refractivity contribution in [2.24, 2.45) is 0 Å². The highest BCUT2D eigenvalue weighted by molar-refractivity contribution is 5.92. The first kappa shape index (κ1) is 10.2. The zero-order valence-electron chi connectivity index (χ0n) is 8.62. The molecule has 0 aromatic carbocycles. The zero-order valence-corrected chi connectivity index (χ0v) is 8.62. The summed E-state index contributed by atoms with van der Waals surface area (Å²) in [5, 5.41) is 12.8. The SMILES string of the molecule is O=C(NCC1(O)CCCC1)c1ccc[nH]1. The van der Waals surface area contributed by atoms with Crippen LogP contribution in [0.15, 0.2) is 18.3 Å². The van der Waals surface area contributed by atoms with E-state index >= 15 is 0 Å². The molecule has 4 nitrogen and oxygen atoms in total. The van der Waals surface area contributed by atoms with Crippen molar-refractivity contribution in [3.8, 4) is 0 Å². The van der Waals surface area contributed by atoms with Crippen molar-refractivity contribution in [3.63, 3.8) is 0 Å². The van der Waals surface area contributed by atoms with Crippen LogP contribution >= 0.6 is 0 Å². The van der Waals surface area contributed by atoms with E-state index < -0.39 is 5.60 Å². The van der Waals surface area contributed by atoms with Gasteiger partial charge in [-0.05, 0) is 25.0 Å². The lowest BCUT2D eigenvalue weighted by molar-refractivity contribution is 0.0449. The van der Waals surface area contributed by atoms with Gasteiger partial charge in [-0.3, -0.25) is 4.79 Å². The van der Waals surface area contributed by atoms with Crippen LogP contribution in [-0.4, -0.2) is 28.1 Å². The van der Waals surface area contributed by atoms with E-state index in [1.165, 1.54) is 0 Å². The number of amides is 1. The predicted molar refractivity (Wildman–Crippen MR) is 56.5 cm³/mol. The molecule has 1 aromatic heterocycles. The second-order valence-electron chi connectivity index (χ2n) is 4.20. The molecule has 0 saturated heterocycles. The second-order valence-corrected chi connectivity index (χ2v) is 4.20. The fourth-order valence-electron chi connectivity index (χ4n) is 2.02. The minimum atomic E-state index is -0.678. The lowest BCUT2D eigenvalue weighted by Crippen LogP contribution is -2.40. The third-order valence-corrected chi connectivity index (χ3v) is 2.95. The van der Waals surface area contributed by atoms with Gasteiger partial charge in [-0.25, -0.2) is 0 Å². The highest BCUT2D eigenvalue weighted by atomic mass is 16.3.